The average molecular weight is 315 g/mol. The van der Waals surface area contributed by atoms with Crippen LogP contribution in [0.25, 0.3) is 0 Å². The number of hydrogen-bond acceptors (Lipinski definition) is 4. The fourth-order valence-corrected chi connectivity index (χ4v) is 2.22. The lowest BCUT2D eigenvalue weighted by molar-refractivity contribution is -0.128. The molecule has 5 nitrogen and oxygen atoms in total. The molecule has 1 amide bonds. The number of nitrogens with two attached hydrogens (primary N) is 1. The molecule has 6 heteroatoms. The number of benzene rings is 1. The number of nitrogens with zero attached hydrogens (tertiary/aromatic N) is 1. The van der Waals surface area contributed by atoms with Gasteiger partial charge in [0.2, 0.25) is 0 Å². The SMILES string of the molecule is COc1ccc(Br)cc1N1CC(CN)OCC1=O. The minimum absolute atomic E-state index is 0.0531. The zero-order chi connectivity index (χ0) is 13.1. The number of ether oxygens (including phenoxy) is 2. The average Bonchev–Trinajstić information content (AvgIpc) is 2.39. The van der Waals surface area contributed by atoms with Gasteiger partial charge in [0.05, 0.1) is 25.4 Å². The van der Waals surface area contributed by atoms with Gasteiger partial charge in [0.1, 0.15) is 12.4 Å². The van der Waals surface area contributed by atoms with Crippen molar-refractivity contribution in [2.24, 2.45) is 5.73 Å². The molecule has 0 saturated carbocycles. The summed E-state index contributed by atoms with van der Waals surface area (Å²) in [7, 11) is 1.58. The summed E-state index contributed by atoms with van der Waals surface area (Å²) in [5, 5.41) is 0. The molecule has 1 aromatic carbocycles. The van der Waals surface area contributed by atoms with Crippen LogP contribution in [-0.4, -0.2) is 38.8 Å². The lowest BCUT2D eigenvalue weighted by Gasteiger charge is -2.33. The van der Waals surface area contributed by atoms with Crippen LogP contribution in [0.4, 0.5) is 5.69 Å². The molecule has 0 bridgehead atoms. The Balaban J connectivity index is 2.33. The van der Waals surface area contributed by atoms with E-state index in [0.29, 0.717) is 18.8 Å². The molecule has 0 aliphatic carbocycles. The molecule has 18 heavy (non-hydrogen) atoms. The van der Waals surface area contributed by atoms with Crippen LogP contribution in [0.15, 0.2) is 22.7 Å². The Hall–Kier alpha value is -1.11. The number of hydrogen-bond donors (Lipinski definition) is 1. The molecule has 1 unspecified atom stereocenters. The highest BCUT2D eigenvalue weighted by atomic mass is 79.9. The summed E-state index contributed by atoms with van der Waals surface area (Å²) >= 11 is 3.39. The number of carbonyl (C=O) groups is 1. The van der Waals surface area contributed by atoms with E-state index in [1.807, 2.05) is 18.2 Å². The van der Waals surface area contributed by atoms with Crippen molar-refractivity contribution in [3.8, 4) is 5.75 Å². The maximum atomic E-state index is 11.9. The lowest BCUT2D eigenvalue weighted by atomic mass is 10.2. The van der Waals surface area contributed by atoms with E-state index in [1.54, 1.807) is 12.0 Å². The van der Waals surface area contributed by atoms with Gasteiger partial charge in [0, 0.05) is 11.0 Å². The van der Waals surface area contributed by atoms with Crippen LogP contribution in [0.2, 0.25) is 0 Å². The van der Waals surface area contributed by atoms with Crippen molar-refractivity contribution in [3.05, 3.63) is 22.7 Å². The van der Waals surface area contributed by atoms with Crippen molar-refractivity contribution in [2.45, 2.75) is 6.10 Å². The second-order valence-electron chi connectivity index (χ2n) is 3.99. The number of anilines is 1. The van der Waals surface area contributed by atoms with Gasteiger partial charge in [-0.05, 0) is 18.2 Å². The Morgan fingerprint density at radius 1 is 1.61 bits per heavy atom. The summed E-state index contributed by atoms with van der Waals surface area (Å²) in [5.74, 6) is 0.570. The fraction of sp³-hybridized carbons (Fsp3) is 0.417. The minimum Gasteiger partial charge on any atom is -0.495 e. The topological polar surface area (TPSA) is 64.8 Å². The number of amides is 1. The van der Waals surface area contributed by atoms with Crippen molar-refractivity contribution in [1.82, 2.24) is 0 Å². The highest BCUT2D eigenvalue weighted by Crippen LogP contribution is 2.32. The number of methoxy groups -OCH3 is 1. The Kier molecular flexibility index (Phi) is 4.21. The molecule has 1 atom stereocenters. The second-order valence-corrected chi connectivity index (χ2v) is 4.90. The highest BCUT2D eigenvalue weighted by molar-refractivity contribution is 9.10. The molecule has 1 aromatic rings. The monoisotopic (exact) mass is 314 g/mol. The van der Waals surface area contributed by atoms with Crippen molar-refractivity contribution in [2.75, 3.05) is 31.7 Å². The first-order valence-electron chi connectivity index (χ1n) is 5.61. The molecule has 98 valence electrons. The maximum absolute atomic E-state index is 11.9. The third-order valence-electron chi connectivity index (χ3n) is 2.82. The van der Waals surface area contributed by atoms with Crippen LogP contribution < -0.4 is 15.4 Å². The van der Waals surface area contributed by atoms with E-state index in [4.69, 9.17) is 15.2 Å². The number of halogens is 1. The standard InChI is InChI=1S/C12H15BrN2O3/c1-17-11-3-2-8(13)4-10(11)15-6-9(5-14)18-7-12(15)16/h2-4,9H,5-7,14H2,1H3. The first kappa shape index (κ1) is 13.3. The van der Waals surface area contributed by atoms with Crippen LogP contribution in [0, 0.1) is 0 Å². The highest BCUT2D eigenvalue weighted by Gasteiger charge is 2.28. The molecule has 2 N–H and O–H groups in total. The van der Waals surface area contributed by atoms with Crippen LogP contribution in [-0.2, 0) is 9.53 Å². The van der Waals surface area contributed by atoms with Crippen LogP contribution in [0.3, 0.4) is 0 Å². The molecule has 1 heterocycles. The molecule has 1 aliphatic rings. The van der Waals surface area contributed by atoms with Gasteiger partial charge in [-0.15, -0.1) is 0 Å². The van der Waals surface area contributed by atoms with Gasteiger partial charge < -0.3 is 20.1 Å². The predicted molar refractivity (Wildman–Crippen MR) is 71.8 cm³/mol. The van der Waals surface area contributed by atoms with E-state index < -0.39 is 0 Å². The van der Waals surface area contributed by atoms with Gasteiger partial charge >= 0.3 is 0 Å². The van der Waals surface area contributed by atoms with Crippen molar-refractivity contribution < 1.29 is 14.3 Å². The van der Waals surface area contributed by atoms with Crippen molar-refractivity contribution in [1.29, 1.82) is 0 Å². The molecule has 0 radical (unpaired) electrons. The van der Waals surface area contributed by atoms with Gasteiger partial charge in [0.25, 0.3) is 5.91 Å². The Labute approximate surface area is 114 Å². The smallest absolute Gasteiger partial charge is 0.253 e. The van der Waals surface area contributed by atoms with E-state index >= 15 is 0 Å². The van der Waals surface area contributed by atoms with E-state index in [2.05, 4.69) is 15.9 Å². The van der Waals surface area contributed by atoms with Crippen LogP contribution in [0.1, 0.15) is 0 Å². The largest absolute Gasteiger partial charge is 0.495 e. The molecular weight excluding hydrogens is 300 g/mol. The molecule has 2 rings (SSSR count). The summed E-state index contributed by atoms with van der Waals surface area (Å²) in [5.41, 5.74) is 6.32. The molecule has 1 fully saturated rings. The minimum atomic E-state index is -0.133. The van der Waals surface area contributed by atoms with Gasteiger partial charge in [-0.25, -0.2) is 0 Å². The Morgan fingerprint density at radius 3 is 3.06 bits per heavy atom. The summed E-state index contributed by atoms with van der Waals surface area (Å²) in [6.45, 7) is 0.889. The van der Waals surface area contributed by atoms with Gasteiger partial charge in [-0.2, -0.15) is 0 Å². The molecule has 1 aliphatic heterocycles. The van der Waals surface area contributed by atoms with E-state index in [1.165, 1.54) is 0 Å². The lowest BCUT2D eigenvalue weighted by Crippen LogP contribution is -2.49. The fourth-order valence-electron chi connectivity index (χ4n) is 1.87. The van der Waals surface area contributed by atoms with Gasteiger partial charge in [-0.3, -0.25) is 4.79 Å². The quantitative estimate of drug-likeness (QED) is 0.909. The zero-order valence-electron chi connectivity index (χ0n) is 10.1. The molecular formula is C12H15BrN2O3. The van der Waals surface area contributed by atoms with Gasteiger partial charge in [0.15, 0.2) is 0 Å². The first-order chi connectivity index (χ1) is 8.65. The van der Waals surface area contributed by atoms with E-state index in [0.717, 1.165) is 10.2 Å². The number of morpholine rings is 1. The van der Waals surface area contributed by atoms with E-state index in [-0.39, 0.29) is 18.6 Å². The second kappa shape index (κ2) is 5.69. The summed E-state index contributed by atoms with van der Waals surface area (Å²) in [6, 6.07) is 5.54. The molecule has 1 saturated heterocycles. The van der Waals surface area contributed by atoms with Crippen molar-refractivity contribution >= 4 is 27.5 Å². The van der Waals surface area contributed by atoms with Crippen molar-refractivity contribution in [3.63, 3.8) is 0 Å². The molecule has 0 spiro atoms. The molecule has 0 aromatic heterocycles. The van der Waals surface area contributed by atoms with Gasteiger partial charge in [-0.1, -0.05) is 15.9 Å². The zero-order valence-corrected chi connectivity index (χ0v) is 11.6. The number of rotatable bonds is 3. The Morgan fingerprint density at radius 2 is 2.39 bits per heavy atom. The third-order valence-corrected chi connectivity index (χ3v) is 3.32. The van der Waals surface area contributed by atoms with E-state index in [9.17, 15) is 4.79 Å². The maximum Gasteiger partial charge on any atom is 0.253 e. The van der Waals surface area contributed by atoms with Crippen LogP contribution >= 0.6 is 15.9 Å². The third kappa shape index (κ3) is 2.66. The Bertz CT molecular complexity index is 453. The summed E-state index contributed by atoms with van der Waals surface area (Å²) in [6.07, 6.45) is -0.133. The first-order valence-corrected chi connectivity index (χ1v) is 6.40. The predicted octanol–water partition coefficient (Wildman–Crippen LogP) is 1.15. The summed E-state index contributed by atoms with van der Waals surface area (Å²) < 4.78 is 11.5. The van der Waals surface area contributed by atoms with Crippen LogP contribution in [0.5, 0.6) is 5.75 Å². The normalized spacial score (nSPS) is 20.1. The summed E-state index contributed by atoms with van der Waals surface area (Å²) in [4.78, 5) is 13.6. The number of carbonyl (C=O) groups excluding carboxylic acids is 1.